The molecule has 2 atom stereocenters. The molecule has 0 saturated carbocycles. The van der Waals surface area contributed by atoms with Gasteiger partial charge in [-0.25, -0.2) is 0 Å². The Kier molecular flexibility index (Phi) is 6.29. The number of methoxy groups -OCH3 is 1. The highest BCUT2D eigenvalue weighted by Gasteiger charge is 2.37. The lowest BCUT2D eigenvalue weighted by atomic mass is 10.0. The first-order valence-corrected chi connectivity index (χ1v) is 10.2. The summed E-state index contributed by atoms with van der Waals surface area (Å²) in [5, 5.41) is 0. The lowest BCUT2D eigenvalue weighted by Crippen LogP contribution is -2.32. The average molecular weight is 387 g/mol. The van der Waals surface area contributed by atoms with Crippen molar-refractivity contribution < 1.29 is 14.3 Å². The molecule has 1 heterocycles. The first kappa shape index (κ1) is 19.6. The molecule has 27 heavy (non-hydrogen) atoms. The van der Waals surface area contributed by atoms with E-state index in [0.717, 1.165) is 28.1 Å². The molecule has 144 valence electrons. The number of rotatable bonds is 6. The third-order valence-corrected chi connectivity index (χ3v) is 5.21. The number of benzene rings is 2. The number of hydrogen-bond acceptors (Lipinski definition) is 5. The van der Waals surface area contributed by atoms with Crippen molar-refractivity contribution in [2.45, 2.75) is 26.1 Å². The third-order valence-electron chi connectivity index (χ3n) is 4.77. The highest BCUT2D eigenvalue weighted by molar-refractivity contribution is 7.99. The van der Waals surface area contributed by atoms with E-state index >= 15 is 0 Å². The van der Waals surface area contributed by atoms with Gasteiger partial charge in [0.05, 0.1) is 13.1 Å². The van der Waals surface area contributed by atoms with Crippen molar-refractivity contribution in [3.05, 3.63) is 59.2 Å². The van der Waals surface area contributed by atoms with Crippen molar-refractivity contribution in [2.24, 2.45) is 0 Å². The number of likely N-dealkylation sites (tertiary alicyclic amines) is 1. The Morgan fingerprint density at radius 2 is 1.93 bits per heavy atom. The number of carbonyl (C=O) groups excluding carboxylic acids is 1. The first-order chi connectivity index (χ1) is 13.0. The van der Waals surface area contributed by atoms with Crippen molar-refractivity contribution in [1.82, 2.24) is 4.90 Å². The van der Waals surface area contributed by atoms with Crippen molar-refractivity contribution in [3.8, 4) is 5.75 Å². The van der Waals surface area contributed by atoms with Gasteiger partial charge in [0.2, 0.25) is 0 Å². The number of nitrogens with one attached hydrogen (secondary N) is 1. The minimum atomic E-state index is -0.200. The zero-order valence-electron chi connectivity index (χ0n) is 16.2. The van der Waals surface area contributed by atoms with Gasteiger partial charge < -0.3 is 19.1 Å². The Hall–Kier alpha value is -2.18. The highest BCUT2D eigenvalue weighted by atomic mass is 32.2. The van der Waals surface area contributed by atoms with Crippen LogP contribution < -0.4 is 9.46 Å². The van der Waals surface area contributed by atoms with Gasteiger partial charge in [0, 0.05) is 30.7 Å². The number of hydrogen-bond donors (Lipinski definition) is 1. The van der Waals surface area contributed by atoms with E-state index in [0.29, 0.717) is 13.1 Å². The molecule has 1 aliphatic rings. The minimum absolute atomic E-state index is 0.0298. The van der Waals surface area contributed by atoms with Crippen LogP contribution in [0.5, 0.6) is 5.75 Å². The second-order valence-corrected chi connectivity index (χ2v) is 7.41. The van der Waals surface area contributed by atoms with Crippen LogP contribution in [0.15, 0.2) is 42.5 Å². The molecule has 1 aliphatic heterocycles. The summed E-state index contributed by atoms with van der Waals surface area (Å²) in [6.07, 6.45) is 1.62. The number of ether oxygens (including phenoxy) is 2. The van der Waals surface area contributed by atoms with Crippen molar-refractivity contribution in [1.29, 1.82) is 0 Å². The Bertz CT molecular complexity index is 812. The van der Waals surface area contributed by atoms with Gasteiger partial charge in [0.25, 0.3) is 5.91 Å². The lowest BCUT2D eigenvalue weighted by molar-refractivity contribution is 0.0340. The molecule has 2 aromatic carbocycles. The zero-order chi connectivity index (χ0) is 19.4. The van der Waals surface area contributed by atoms with Gasteiger partial charge in [-0.15, -0.1) is 0 Å². The SMILES string of the molecule is COC1CN(C(=O)c2cc(C)ccc2C)C[C@H]1Oc1cccc(NSC)c1. The molecule has 0 aromatic heterocycles. The van der Waals surface area contributed by atoms with Crippen LogP contribution in [0, 0.1) is 13.8 Å². The average Bonchev–Trinajstić information content (AvgIpc) is 3.06. The number of carbonyl (C=O) groups is 1. The summed E-state index contributed by atoms with van der Waals surface area (Å²) in [5.74, 6) is 0.796. The van der Waals surface area contributed by atoms with Crippen molar-refractivity contribution in [2.75, 3.05) is 31.2 Å². The number of amides is 1. The van der Waals surface area contributed by atoms with Gasteiger partial charge >= 0.3 is 0 Å². The van der Waals surface area contributed by atoms with Gasteiger partial charge in [0.1, 0.15) is 18.0 Å². The van der Waals surface area contributed by atoms with Crippen LogP contribution in [-0.4, -0.2) is 49.5 Å². The van der Waals surface area contributed by atoms with Gasteiger partial charge in [0.15, 0.2) is 0 Å². The molecule has 1 saturated heterocycles. The van der Waals surface area contributed by atoms with Crippen LogP contribution in [0.25, 0.3) is 0 Å². The molecular formula is C21H26N2O3S. The minimum Gasteiger partial charge on any atom is -0.486 e. The standard InChI is InChI=1S/C21H26N2O3S/c1-14-8-9-15(2)18(10-14)21(24)23-12-19(25-3)20(13-23)26-17-7-5-6-16(11-17)22-27-4/h5-11,19-20,22H,12-13H2,1-4H3/t19?,20-/m1/s1. The van der Waals surface area contributed by atoms with E-state index in [1.807, 2.05) is 67.5 Å². The van der Waals surface area contributed by atoms with Gasteiger partial charge in [-0.2, -0.15) is 0 Å². The van der Waals surface area contributed by atoms with E-state index in [2.05, 4.69) is 4.72 Å². The number of anilines is 1. The van der Waals surface area contributed by atoms with E-state index in [9.17, 15) is 4.79 Å². The second-order valence-electron chi connectivity index (χ2n) is 6.79. The lowest BCUT2D eigenvalue weighted by Gasteiger charge is -2.19. The smallest absolute Gasteiger partial charge is 0.254 e. The number of aryl methyl sites for hydroxylation is 2. The van der Waals surface area contributed by atoms with Crippen molar-refractivity contribution >= 4 is 23.5 Å². The molecule has 1 N–H and O–H groups in total. The largest absolute Gasteiger partial charge is 0.486 e. The van der Waals surface area contributed by atoms with E-state index in [1.54, 1.807) is 7.11 Å². The number of nitrogens with zero attached hydrogens (tertiary/aromatic N) is 1. The molecule has 1 unspecified atom stereocenters. The van der Waals surface area contributed by atoms with E-state index in [1.165, 1.54) is 11.9 Å². The fraction of sp³-hybridized carbons (Fsp3) is 0.381. The summed E-state index contributed by atoms with van der Waals surface area (Å²) < 4.78 is 15.0. The molecule has 1 fully saturated rings. The van der Waals surface area contributed by atoms with Crippen LogP contribution in [0.2, 0.25) is 0 Å². The van der Waals surface area contributed by atoms with E-state index in [4.69, 9.17) is 9.47 Å². The monoisotopic (exact) mass is 386 g/mol. The normalized spacial score (nSPS) is 19.2. The molecule has 5 nitrogen and oxygen atoms in total. The van der Waals surface area contributed by atoms with E-state index in [-0.39, 0.29) is 18.1 Å². The summed E-state index contributed by atoms with van der Waals surface area (Å²) in [4.78, 5) is 14.8. The molecule has 6 heteroatoms. The quantitative estimate of drug-likeness (QED) is 0.763. The molecule has 0 aliphatic carbocycles. The maximum absolute atomic E-state index is 13.0. The maximum atomic E-state index is 13.0. The molecular weight excluding hydrogens is 360 g/mol. The van der Waals surface area contributed by atoms with Crippen LogP contribution in [0.3, 0.4) is 0 Å². The second kappa shape index (κ2) is 8.67. The summed E-state index contributed by atoms with van der Waals surface area (Å²) in [6.45, 7) is 5.00. The Balaban J connectivity index is 1.74. The first-order valence-electron chi connectivity index (χ1n) is 8.97. The Morgan fingerprint density at radius 1 is 1.15 bits per heavy atom. The molecule has 3 rings (SSSR count). The molecule has 1 amide bonds. The predicted octanol–water partition coefficient (Wildman–Crippen LogP) is 3.91. The summed E-state index contributed by atoms with van der Waals surface area (Å²) in [7, 11) is 1.67. The van der Waals surface area contributed by atoms with E-state index < -0.39 is 0 Å². The summed E-state index contributed by atoms with van der Waals surface area (Å²) in [6, 6.07) is 13.8. The Morgan fingerprint density at radius 3 is 2.67 bits per heavy atom. The summed E-state index contributed by atoms with van der Waals surface area (Å²) in [5.41, 5.74) is 3.80. The topological polar surface area (TPSA) is 50.8 Å². The van der Waals surface area contributed by atoms with Gasteiger partial charge in [-0.1, -0.05) is 35.7 Å². The third kappa shape index (κ3) is 4.57. The summed E-state index contributed by atoms with van der Waals surface area (Å²) >= 11 is 1.53. The highest BCUT2D eigenvalue weighted by Crippen LogP contribution is 2.25. The van der Waals surface area contributed by atoms with Crippen LogP contribution in [0.1, 0.15) is 21.5 Å². The van der Waals surface area contributed by atoms with Crippen LogP contribution in [0.4, 0.5) is 5.69 Å². The molecule has 0 radical (unpaired) electrons. The van der Waals surface area contributed by atoms with Crippen LogP contribution >= 0.6 is 11.9 Å². The van der Waals surface area contributed by atoms with Gasteiger partial charge in [-0.05, 0) is 37.6 Å². The van der Waals surface area contributed by atoms with Crippen molar-refractivity contribution in [3.63, 3.8) is 0 Å². The fourth-order valence-corrected chi connectivity index (χ4v) is 3.67. The zero-order valence-corrected chi connectivity index (χ0v) is 17.0. The molecule has 0 bridgehead atoms. The van der Waals surface area contributed by atoms with Crippen LogP contribution in [-0.2, 0) is 4.74 Å². The Labute approximate surface area is 165 Å². The fourth-order valence-electron chi connectivity index (χ4n) is 3.31. The predicted molar refractivity (Wildman–Crippen MR) is 111 cm³/mol. The molecule has 0 spiro atoms. The maximum Gasteiger partial charge on any atom is 0.254 e. The van der Waals surface area contributed by atoms with Gasteiger partial charge in [-0.3, -0.25) is 4.79 Å². The molecule has 2 aromatic rings.